The Morgan fingerprint density at radius 1 is 1.18 bits per heavy atom. The van der Waals surface area contributed by atoms with Gasteiger partial charge >= 0.3 is 0 Å². The molecule has 2 fully saturated rings. The Bertz CT molecular complexity index is 1000. The summed E-state index contributed by atoms with van der Waals surface area (Å²) in [6.07, 6.45) is 2.24. The van der Waals surface area contributed by atoms with E-state index in [0.29, 0.717) is 38.3 Å². The molecule has 0 N–H and O–H groups in total. The molecular formula is C17H25N7O3S. The van der Waals surface area contributed by atoms with Crippen LogP contribution in [0.2, 0.25) is 0 Å². The minimum Gasteiger partial charge on any atom is -0.365 e. The van der Waals surface area contributed by atoms with E-state index in [1.807, 2.05) is 18.5 Å². The summed E-state index contributed by atoms with van der Waals surface area (Å²) in [5.41, 5.74) is 3.30. The molecule has 11 heteroatoms. The van der Waals surface area contributed by atoms with Crippen molar-refractivity contribution in [1.29, 1.82) is 0 Å². The van der Waals surface area contributed by atoms with E-state index in [0.717, 1.165) is 17.1 Å². The van der Waals surface area contributed by atoms with Crippen LogP contribution < -0.4 is 4.90 Å². The van der Waals surface area contributed by atoms with E-state index in [9.17, 15) is 13.2 Å². The second-order valence-electron chi connectivity index (χ2n) is 7.58. The molecule has 4 heterocycles. The lowest BCUT2D eigenvalue weighted by molar-refractivity contribution is 0.0740. The average Bonchev–Trinajstić information content (AvgIpc) is 3.32. The molecule has 10 nitrogen and oxygen atoms in total. The third-order valence-corrected chi connectivity index (χ3v) is 7.30. The van der Waals surface area contributed by atoms with Crippen molar-refractivity contribution in [3.8, 4) is 0 Å². The Kier molecular flexibility index (Phi) is 4.64. The Labute approximate surface area is 164 Å². The number of rotatable bonds is 3. The second-order valence-corrected chi connectivity index (χ2v) is 9.81. The normalized spacial score (nSPS) is 22.0. The topological polar surface area (TPSA) is 106 Å². The molecule has 0 aliphatic carbocycles. The minimum absolute atomic E-state index is 0.0861. The number of aryl methyl sites for hydroxylation is 2. The van der Waals surface area contributed by atoms with Crippen molar-refractivity contribution < 1.29 is 13.2 Å². The van der Waals surface area contributed by atoms with Crippen LogP contribution in [0.25, 0.3) is 0 Å². The van der Waals surface area contributed by atoms with Crippen LogP contribution in [0.5, 0.6) is 0 Å². The standard InChI is InChI=1S/C17H25N7O3S/c1-12-16(13(2)24(19-12)14-4-9-28(26,27)11-14)22-5-7-23(8-6-22)17(25)15-10-21(3)20-18-15/h10,14H,4-9,11H2,1-3H3/t14-/m0/s1. The maximum absolute atomic E-state index is 12.5. The van der Waals surface area contributed by atoms with Crippen LogP contribution in [0.1, 0.15) is 34.3 Å². The van der Waals surface area contributed by atoms with E-state index in [1.54, 1.807) is 18.1 Å². The number of hydrogen-bond donors (Lipinski definition) is 0. The predicted molar refractivity (Wildman–Crippen MR) is 103 cm³/mol. The van der Waals surface area contributed by atoms with Gasteiger partial charge < -0.3 is 9.80 Å². The first-order valence-electron chi connectivity index (χ1n) is 9.42. The molecule has 2 aliphatic rings. The van der Waals surface area contributed by atoms with E-state index in [2.05, 4.69) is 20.3 Å². The maximum atomic E-state index is 12.5. The van der Waals surface area contributed by atoms with Gasteiger partial charge in [-0.3, -0.25) is 14.2 Å². The highest BCUT2D eigenvalue weighted by Crippen LogP contribution is 2.31. The molecule has 0 aromatic carbocycles. The lowest BCUT2D eigenvalue weighted by Crippen LogP contribution is -2.49. The van der Waals surface area contributed by atoms with Crippen molar-refractivity contribution in [2.24, 2.45) is 7.05 Å². The molecule has 2 aliphatic heterocycles. The minimum atomic E-state index is -2.96. The van der Waals surface area contributed by atoms with E-state index >= 15 is 0 Å². The van der Waals surface area contributed by atoms with Gasteiger partial charge in [0.05, 0.1) is 40.8 Å². The highest BCUT2D eigenvalue weighted by molar-refractivity contribution is 7.91. The number of amides is 1. The van der Waals surface area contributed by atoms with E-state index in [-0.39, 0.29) is 23.5 Å². The third-order valence-electron chi connectivity index (χ3n) is 5.55. The predicted octanol–water partition coefficient (Wildman–Crippen LogP) is -0.0496. The van der Waals surface area contributed by atoms with Gasteiger partial charge in [-0.1, -0.05) is 5.21 Å². The van der Waals surface area contributed by atoms with Crippen LogP contribution in [0.4, 0.5) is 5.69 Å². The van der Waals surface area contributed by atoms with Gasteiger partial charge in [-0.25, -0.2) is 8.42 Å². The summed E-state index contributed by atoms with van der Waals surface area (Å²) in [6.45, 7) is 6.54. The van der Waals surface area contributed by atoms with Crippen molar-refractivity contribution >= 4 is 21.4 Å². The third kappa shape index (κ3) is 3.38. The molecule has 2 aromatic heterocycles. The summed E-state index contributed by atoms with van der Waals surface area (Å²) in [5.74, 6) is 0.289. The zero-order valence-corrected chi connectivity index (χ0v) is 17.2. The SMILES string of the molecule is Cc1nn([C@H]2CCS(=O)(=O)C2)c(C)c1N1CCN(C(=O)c2cn(C)nn2)CC1. The molecule has 28 heavy (non-hydrogen) atoms. The number of anilines is 1. The van der Waals surface area contributed by atoms with Crippen LogP contribution in [0.15, 0.2) is 6.20 Å². The summed E-state index contributed by atoms with van der Waals surface area (Å²) in [7, 11) is -1.23. The zero-order valence-electron chi connectivity index (χ0n) is 16.4. The van der Waals surface area contributed by atoms with Gasteiger partial charge in [0.15, 0.2) is 15.5 Å². The van der Waals surface area contributed by atoms with Crippen LogP contribution in [-0.2, 0) is 16.9 Å². The van der Waals surface area contributed by atoms with E-state index < -0.39 is 9.84 Å². The molecule has 2 aromatic rings. The summed E-state index contributed by atoms with van der Waals surface area (Å²) in [6, 6.07) is -0.0861. The molecule has 1 amide bonds. The zero-order chi connectivity index (χ0) is 20.1. The lowest BCUT2D eigenvalue weighted by Gasteiger charge is -2.36. The molecular weight excluding hydrogens is 382 g/mol. The first kappa shape index (κ1) is 18.9. The van der Waals surface area contributed by atoms with Crippen LogP contribution in [0, 0.1) is 13.8 Å². The molecule has 0 spiro atoms. The Morgan fingerprint density at radius 3 is 2.46 bits per heavy atom. The van der Waals surface area contributed by atoms with Crippen molar-refractivity contribution in [3.05, 3.63) is 23.3 Å². The summed E-state index contributed by atoms with van der Waals surface area (Å²) in [4.78, 5) is 16.6. The lowest BCUT2D eigenvalue weighted by atomic mass is 10.2. The number of hydrogen-bond acceptors (Lipinski definition) is 7. The van der Waals surface area contributed by atoms with Gasteiger partial charge in [-0.2, -0.15) is 5.10 Å². The first-order chi connectivity index (χ1) is 13.2. The smallest absolute Gasteiger partial charge is 0.276 e. The molecule has 152 valence electrons. The average molecular weight is 408 g/mol. The molecule has 1 atom stereocenters. The molecule has 0 bridgehead atoms. The van der Waals surface area contributed by atoms with Gasteiger partial charge in [0.1, 0.15) is 0 Å². The highest BCUT2D eigenvalue weighted by atomic mass is 32.2. The van der Waals surface area contributed by atoms with Gasteiger partial charge in [-0.05, 0) is 20.3 Å². The van der Waals surface area contributed by atoms with E-state index in [4.69, 9.17) is 0 Å². The van der Waals surface area contributed by atoms with Gasteiger partial charge in [0, 0.05) is 33.2 Å². The summed E-state index contributed by atoms with van der Waals surface area (Å²) >= 11 is 0. The number of sulfone groups is 1. The number of piperazine rings is 1. The summed E-state index contributed by atoms with van der Waals surface area (Å²) in [5, 5.41) is 12.4. The second kappa shape index (κ2) is 6.87. The first-order valence-corrected chi connectivity index (χ1v) is 11.2. The fourth-order valence-corrected chi connectivity index (χ4v) is 5.87. The fraction of sp³-hybridized carbons (Fsp3) is 0.647. The Morgan fingerprint density at radius 2 is 1.89 bits per heavy atom. The van der Waals surface area contributed by atoms with Crippen LogP contribution in [0.3, 0.4) is 0 Å². The number of aromatic nitrogens is 5. The van der Waals surface area contributed by atoms with Gasteiger partial charge in [0.25, 0.3) is 5.91 Å². The molecule has 0 unspecified atom stereocenters. The van der Waals surface area contributed by atoms with Crippen LogP contribution in [-0.4, -0.2) is 81.7 Å². The molecule has 2 saturated heterocycles. The molecule has 0 radical (unpaired) electrons. The maximum Gasteiger partial charge on any atom is 0.276 e. The van der Waals surface area contributed by atoms with Crippen molar-refractivity contribution in [2.45, 2.75) is 26.3 Å². The molecule has 4 rings (SSSR count). The van der Waals surface area contributed by atoms with Crippen molar-refractivity contribution in [3.63, 3.8) is 0 Å². The number of carbonyl (C=O) groups excluding carboxylic acids is 1. The Hall–Kier alpha value is -2.43. The monoisotopic (exact) mass is 407 g/mol. The molecule has 0 saturated carbocycles. The fourth-order valence-electron chi connectivity index (χ4n) is 4.18. The number of nitrogens with zero attached hydrogens (tertiary/aromatic N) is 7. The van der Waals surface area contributed by atoms with Crippen molar-refractivity contribution in [2.75, 3.05) is 42.6 Å². The highest BCUT2D eigenvalue weighted by Gasteiger charge is 2.33. The number of carbonyl (C=O) groups is 1. The van der Waals surface area contributed by atoms with Crippen molar-refractivity contribution in [1.82, 2.24) is 29.7 Å². The van der Waals surface area contributed by atoms with E-state index in [1.165, 1.54) is 4.68 Å². The van der Waals surface area contributed by atoms with Gasteiger partial charge in [0.2, 0.25) is 0 Å². The Balaban J connectivity index is 1.47. The largest absolute Gasteiger partial charge is 0.365 e. The van der Waals surface area contributed by atoms with Gasteiger partial charge in [-0.15, -0.1) is 5.10 Å². The summed E-state index contributed by atoms with van der Waals surface area (Å²) < 4.78 is 27.1. The van der Waals surface area contributed by atoms with Crippen LogP contribution >= 0.6 is 0 Å². The quantitative estimate of drug-likeness (QED) is 0.702.